The molecule has 0 atom stereocenters. The summed E-state index contributed by atoms with van der Waals surface area (Å²) < 4.78 is 0. The molecule has 0 bridgehead atoms. The Morgan fingerprint density at radius 1 is 0.870 bits per heavy atom. The molecule has 0 aliphatic heterocycles. The van der Waals surface area contributed by atoms with E-state index >= 15 is 0 Å². The van der Waals surface area contributed by atoms with Crippen molar-refractivity contribution in [1.29, 1.82) is 0 Å². The summed E-state index contributed by atoms with van der Waals surface area (Å²) in [6.45, 7) is 5.85. The van der Waals surface area contributed by atoms with E-state index in [1.807, 2.05) is 12.2 Å². The smallest absolute Gasteiger partial charge is 1.00 e. The number of unbranched alkanes of at least 4 members (excludes halogenated alkanes) is 6. The first kappa shape index (κ1) is 24.9. The quantitative estimate of drug-likeness (QED) is 0.220. The molecule has 0 rings (SSSR count). The average Bonchev–Trinajstić information content (AvgIpc) is 2.52. The number of rotatable bonds is 13. The number of nitrogens with zero attached hydrogens (tertiary/aromatic N) is 1. The molecule has 0 aromatic heterocycles. The van der Waals surface area contributed by atoms with E-state index in [2.05, 4.69) is 6.92 Å². The first-order valence-electron chi connectivity index (χ1n) is 8.48. The van der Waals surface area contributed by atoms with Gasteiger partial charge in [-0.2, -0.15) is 0 Å². The summed E-state index contributed by atoms with van der Waals surface area (Å²) in [5.41, 5.74) is 0. The number of carbonyl (C=O) groups is 2. The molecule has 0 amide bonds. The molecule has 0 aliphatic carbocycles. The second-order valence-electron chi connectivity index (χ2n) is 5.18. The molecule has 0 aromatic rings. The van der Waals surface area contributed by atoms with Gasteiger partial charge in [0.05, 0.1) is 6.54 Å². The van der Waals surface area contributed by atoms with Crippen LogP contribution in [0.4, 0.5) is 0 Å². The van der Waals surface area contributed by atoms with Crippen LogP contribution in [0.15, 0.2) is 12.2 Å². The predicted octanol–water partition coefficient (Wildman–Crippen LogP) is 1.45. The van der Waals surface area contributed by atoms with Gasteiger partial charge in [-0.1, -0.05) is 65.0 Å². The first-order valence-corrected chi connectivity index (χ1v) is 8.48. The zero-order valence-electron chi connectivity index (χ0n) is 16.3. The number of hydroxylamine groups is 2. The van der Waals surface area contributed by atoms with Gasteiger partial charge in [-0.3, -0.25) is 9.59 Å². The van der Waals surface area contributed by atoms with Crippen LogP contribution in [0.3, 0.4) is 0 Å². The molecule has 0 heterocycles. The minimum absolute atomic E-state index is 0. The molecule has 6 heteroatoms. The Bertz CT molecular complexity index is 323. The van der Waals surface area contributed by atoms with Crippen molar-refractivity contribution in [2.24, 2.45) is 0 Å². The monoisotopic (exact) mass is 337 g/mol. The van der Waals surface area contributed by atoms with Crippen molar-refractivity contribution in [3.63, 3.8) is 0 Å². The van der Waals surface area contributed by atoms with Gasteiger partial charge in [-0.25, -0.2) is 0 Å². The fourth-order valence-corrected chi connectivity index (χ4v) is 1.77. The molecule has 130 valence electrons. The fraction of sp³-hybridized carbons (Fsp3) is 0.765. The second-order valence-corrected chi connectivity index (χ2v) is 5.18. The van der Waals surface area contributed by atoms with Crippen LogP contribution in [0.5, 0.6) is 0 Å². The Labute approximate surface area is 164 Å². The van der Waals surface area contributed by atoms with Crippen LogP contribution >= 0.6 is 0 Å². The van der Waals surface area contributed by atoms with Crippen molar-refractivity contribution in [3.8, 4) is 0 Å². The summed E-state index contributed by atoms with van der Waals surface area (Å²) >= 11 is 0. The Balaban J connectivity index is -0.00000220. The Morgan fingerprint density at radius 2 is 1.39 bits per heavy atom. The van der Waals surface area contributed by atoms with Crippen molar-refractivity contribution in [1.82, 2.24) is 5.23 Å². The van der Waals surface area contributed by atoms with Crippen LogP contribution in [0.1, 0.15) is 80.0 Å². The van der Waals surface area contributed by atoms with E-state index in [0.717, 1.165) is 18.1 Å². The molecule has 0 saturated carbocycles. The number of hydrogen-bond acceptors (Lipinski definition) is 5. The minimum Gasteiger partial charge on any atom is -1.00 e. The third-order valence-electron chi connectivity index (χ3n) is 3.13. The van der Waals surface area contributed by atoms with Crippen molar-refractivity contribution >= 4 is 11.9 Å². The molecule has 0 aromatic carbocycles. The SMILES string of the molecule is CCCCCCCCC=CCN(OC(=O)CC)OC(=O)CC.[H-].[Na+]. The van der Waals surface area contributed by atoms with Crippen molar-refractivity contribution < 1.29 is 50.2 Å². The largest absolute Gasteiger partial charge is 1.00 e. The number of allylic oxidation sites excluding steroid dienone is 1. The van der Waals surface area contributed by atoms with E-state index in [0.29, 0.717) is 0 Å². The number of hydrogen-bond donors (Lipinski definition) is 0. The third-order valence-corrected chi connectivity index (χ3v) is 3.13. The van der Waals surface area contributed by atoms with Gasteiger partial charge in [0, 0.05) is 18.1 Å². The second kappa shape index (κ2) is 18.0. The van der Waals surface area contributed by atoms with E-state index in [1.54, 1.807) is 13.8 Å². The van der Waals surface area contributed by atoms with Gasteiger partial charge in [-0.15, -0.1) is 0 Å². The molecule has 23 heavy (non-hydrogen) atoms. The van der Waals surface area contributed by atoms with Crippen molar-refractivity contribution in [2.45, 2.75) is 78.6 Å². The third kappa shape index (κ3) is 16.3. The van der Waals surface area contributed by atoms with E-state index in [-0.39, 0.29) is 50.4 Å². The van der Waals surface area contributed by atoms with Gasteiger partial charge in [0.1, 0.15) is 0 Å². The normalized spacial score (nSPS) is 10.6. The molecular formula is C17H32NNaO4. The van der Waals surface area contributed by atoms with Gasteiger partial charge in [0.15, 0.2) is 0 Å². The zero-order chi connectivity index (χ0) is 16.6. The molecule has 0 N–H and O–H groups in total. The van der Waals surface area contributed by atoms with Crippen LogP contribution in [-0.2, 0) is 19.3 Å². The van der Waals surface area contributed by atoms with E-state index < -0.39 is 11.9 Å². The Kier molecular flexibility index (Phi) is 19.5. The van der Waals surface area contributed by atoms with E-state index in [9.17, 15) is 9.59 Å². The molecule has 0 spiro atoms. The van der Waals surface area contributed by atoms with Crippen LogP contribution in [0, 0.1) is 0 Å². The maximum Gasteiger partial charge on any atom is 1.00 e. The molecule has 0 saturated heterocycles. The number of carbonyl (C=O) groups excluding carboxylic acids is 2. The summed E-state index contributed by atoms with van der Waals surface area (Å²) in [7, 11) is 0. The average molecular weight is 337 g/mol. The fourth-order valence-electron chi connectivity index (χ4n) is 1.77. The Morgan fingerprint density at radius 3 is 1.91 bits per heavy atom. The molecule has 5 nitrogen and oxygen atoms in total. The van der Waals surface area contributed by atoms with Crippen LogP contribution < -0.4 is 29.6 Å². The maximum absolute atomic E-state index is 11.3. The zero-order valence-corrected chi connectivity index (χ0v) is 17.3. The van der Waals surface area contributed by atoms with Crippen LogP contribution in [0.2, 0.25) is 0 Å². The van der Waals surface area contributed by atoms with Gasteiger partial charge >= 0.3 is 41.5 Å². The summed E-state index contributed by atoms with van der Waals surface area (Å²) in [5.74, 6) is -0.846. The topological polar surface area (TPSA) is 55.8 Å². The summed E-state index contributed by atoms with van der Waals surface area (Å²) in [6, 6.07) is 0. The molecule has 0 fully saturated rings. The van der Waals surface area contributed by atoms with E-state index in [4.69, 9.17) is 9.68 Å². The summed E-state index contributed by atoms with van der Waals surface area (Å²) in [4.78, 5) is 32.4. The molecule has 0 aliphatic rings. The van der Waals surface area contributed by atoms with Gasteiger partial charge < -0.3 is 11.1 Å². The summed E-state index contributed by atoms with van der Waals surface area (Å²) in [5, 5.41) is 0.954. The van der Waals surface area contributed by atoms with Gasteiger partial charge in [-0.05, 0) is 12.8 Å². The standard InChI is InChI=1S/C17H31NO4.Na.H/c1-4-7-8-9-10-11-12-13-14-15-18(21-16(19)5-2)22-17(20)6-3;;/h13-14H,4-12,15H2,1-3H3;;/q;+1;-1. The summed E-state index contributed by atoms with van der Waals surface area (Å²) in [6.07, 6.45) is 12.9. The van der Waals surface area contributed by atoms with Crippen molar-refractivity contribution in [2.75, 3.05) is 6.54 Å². The van der Waals surface area contributed by atoms with Gasteiger partial charge in [0.2, 0.25) is 0 Å². The van der Waals surface area contributed by atoms with Crippen LogP contribution in [-0.4, -0.2) is 23.7 Å². The van der Waals surface area contributed by atoms with Gasteiger partial charge in [0.25, 0.3) is 0 Å². The molecule has 0 radical (unpaired) electrons. The predicted molar refractivity (Wildman–Crippen MR) is 87.7 cm³/mol. The minimum atomic E-state index is -0.423. The Hall–Kier alpha value is -0.360. The molecule has 0 unspecified atom stereocenters. The van der Waals surface area contributed by atoms with E-state index in [1.165, 1.54) is 32.1 Å². The first-order chi connectivity index (χ1) is 10.6. The molecular weight excluding hydrogens is 305 g/mol. The van der Waals surface area contributed by atoms with Crippen molar-refractivity contribution in [3.05, 3.63) is 12.2 Å². The van der Waals surface area contributed by atoms with Crippen LogP contribution in [0.25, 0.3) is 0 Å². The maximum atomic E-state index is 11.3.